The summed E-state index contributed by atoms with van der Waals surface area (Å²) in [5, 5.41) is 9.75. The van der Waals surface area contributed by atoms with E-state index in [1.165, 1.54) is 25.7 Å². The van der Waals surface area contributed by atoms with Crippen LogP contribution in [0.25, 0.3) is 0 Å². The minimum atomic E-state index is 0. The summed E-state index contributed by atoms with van der Waals surface area (Å²) < 4.78 is 5.65. The lowest BCUT2D eigenvalue weighted by molar-refractivity contribution is -0.121. The zero-order chi connectivity index (χ0) is 18.9. The molecule has 158 valence electrons. The van der Waals surface area contributed by atoms with Gasteiger partial charge in [0.15, 0.2) is 5.96 Å². The van der Waals surface area contributed by atoms with Gasteiger partial charge in [0.05, 0.1) is 12.3 Å². The monoisotopic (exact) mass is 503 g/mol. The first-order chi connectivity index (χ1) is 13.3. The highest BCUT2D eigenvalue weighted by Crippen LogP contribution is 2.24. The maximum Gasteiger partial charge on any atom is 0.221 e. The molecule has 1 unspecified atom stereocenters. The highest BCUT2D eigenvalue weighted by molar-refractivity contribution is 14.0. The van der Waals surface area contributed by atoms with Crippen molar-refractivity contribution in [1.29, 1.82) is 0 Å². The predicted molar refractivity (Wildman–Crippen MR) is 122 cm³/mol. The van der Waals surface area contributed by atoms with E-state index in [2.05, 4.69) is 25.8 Å². The summed E-state index contributed by atoms with van der Waals surface area (Å²) in [6.07, 6.45) is 9.36. The van der Waals surface area contributed by atoms with Crippen LogP contribution in [0.3, 0.4) is 0 Å². The van der Waals surface area contributed by atoms with Crippen molar-refractivity contribution >= 4 is 35.8 Å². The van der Waals surface area contributed by atoms with Crippen LogP contribution in [-0.2, 0) is 4.79 Å². The summed E-state index contributed by atoms with van der Waals surface area (Å²) in [4.78, 5) is 18.8. The van der Waals surface area contributed by atoms with Crippen molar-refractivity contribution in [3.05, 3.63) is 24.2 Å². The number of hydrogen-bond acceptors (Lipinski definition) is 4. The lowest BCUT2D eigenvalue weighted by atomic mass is 10.2. The topological polar surface area (TPSA) is 81.9 Å². The van der Waals surface area contributed by atoms with Crippen molar-refractivity contribution in [3.8, 4) is 0 Å². The number of amides is 1. The van der Waals surface area contributed by atoms with Gasteiger partial charge in [-0.25, -0.2) is 0 Å². The molecular formula is C20H34IN5O2. The Hall–Kier alpha value is -1.29. The largest absolute Gasteiger partial charge is 0.468 e. The van der Waals surface area contributed by atoms with E-state index in [9.17, 15) is 4.79 Å². The zero-order valence-electron chi connectivity index (χ0n) is 16.8. The molecule has 8 heteroatoms. The van der Waals surface area contributed by atoms with E-state index >= 15 is 0 Å². The summed E-state index contributed by atoms with van der Waals surface area (Å²) >= 11 is 0. The van der Waals surface area contributed by atoms with Gasteiger partial charge in [-0.05, 0) is 50.9 Å². The lowest BCUT2D eigenvalue weighted by Gasteiger charge is -2.26. The molecule has 0 aromatic carbocycles. The third-order valence-corrected chi connectivity index (χ3v) is 5.50. The van der Waals surface area contributed by atoms with Crippen LogP contribution in [0.15, 0.2) is 27.8 Å². The van der Waals surface area contributed by atoms with E-state index in [1.807, 2.05) is 12.1 Å². The van der Waals surface area contributed by atoms with Crippen LogP contribution in [0.1, 0.15) is 56.7 Å². The fraction of sp³-hybridized carbons (Fsp3) is 0.700. The Labute approximate surface area is 185 Å². The molecule has 0 bridgehead atoms. The molecule has 1 saturated heterocycles. The quantitative estimate of drug-likeness (QED) is 0.289. The Morgan fingerprint density at radius 1 is 1.25 bits per heavy atom. The van der Waals surface area contributed by atoms with E-state index in [4.69, 9.17) is 4.42 Å². The van der Waals surface area contributed by atoms with Gasteiger partial charge in [-0.2, -0.15) is 0 Å². The summed E-state index contributed by atoms with van der Waals surface area (Å²) in [6.45, 7) is 3.50. The van der Waals surface area contributed by atoms with Gasteiger partial charge in [0.2, 0.25) is 5.91 Å². The number of likely N-dealkylation sites (tertiary alicyclic amines) is 1. The van der Waals surface area contributed by atoms with Crippen molar-refractivity contribution < 1.29 is 9.21 Å². The first-order valence-electron chi connectivity index (χ1n) is 10.3. The second-order valence-corrected chi connectivity index (χ2v) is 7.45. The molecule has 2 fully saturated rings. The van der Waals surface area contributed by atoms with Gasteiger partial charge in [0.1, 0.15) is 5.76 Å². The molecule has 2 aliphatic rings. The number of hydrogen-bond donors (Lipinski definition) is 3. The van der Waals surface area contributed by atoms with E-state index in [0.717, 1.165) is 44.2 Å². The highest BCUT2D eigenvalue weighted by atomic mass is 127. The lowest BCUT2D eigenvalue weighted by Crippen LogP contribution is -2.43. The molecule has 1 aromatic heterocycles. The molecule has 1 aromatic rings. The molecular weight excluding hydrogens is 469 g/mol. The molecule has 28 heavy (non-hydrogen) atoms. The molecule has 1 aliphatic heterocycles. The molecule has 1 atom stereocenters. The second kappa shape index (κ2) is 12.3. The van der Waals surface area contributed by atoms with Crippen molar-refractivity contribution in [2.75, 3.05) is 33.2 Å². The van der Waals surface area contributed by atoms with Crippen LogP contribution in [0, 0.1) is 0 Å². The Morgan fingerprint density at radius 3 is 2.64 bits per heavy atom. The normalized spacial score (nSPS) is 19.2. The van der Waals surface area contributed by atoms with Gasteiger partial charge >= 0.3 is 0 Å². The third kappa shape index (κ3) is 6.95. The predicted octanol–water partition coefficient (Wildman–Crippen LogP) is 2.65. The van der Waals surface area contributed by atoms with Crippen LogP contribution < -0.4 is 16.0 Å². The van der Waals surface area contributed by atoms with Gasteiger partial charge in [-0.15, -0.1) is 24.0 Å². The van der Waals surface area contributed by atoms with E-state index < -0.39 is 0 Å². The number of nitrogens with zero attached hydrogens (tertiary/aromatic N) is 2. The Bertz CT molecular complexity index is 596. The van der Waals surface area contributed by atoms with Gasteiger partial charge in [0, 0.05) is 32.6 Å². The molecule has 7 nitrogen and oxygen atoms in total. The molecule has 2 heterocycles. The van der Waals surface area contributed by atoms with Crippen LogP contribution in [0.5, 0.6) is 0 Å². The van der Waals surface area contributed by atoms with Gasteiger partial charge in [-0.1, -0.05) is 12.8 Å². The second-order valence-electron chi connectivity index (χ2n) is 7.45. The number of furan rings is 1. The number of aliphatic imine (C=N–C) groups is 1. The first kappa shape index (κ1) is 23.0. The molecule has 3 rings (SSSR count). The molecule has 1 aliphatic carbocycles. The number of rotatable bonds is 8. The zero-order valence-corrected chi connectivity index (χ0v) is 19.1. The van der Waals surface area contributed by atoms with Crippen LogP contribution >= 0.6 is 24.0 Å². The molecule has 1 amide bonds. The van der Waals surface area contributed by atoms with Gasteiger partial charge < -0.3 is 20.4 Å². The van der Waals surface area contributed by atoms with Crippen molar-refractivity contribution in [2.24, 2.45) is 4.99 Å². The average Bonchev–Trinajstić information content (AvgIpc) is 3.43. The highest BCUT2D eigenvalue weighted by Gasteiger charge is 2.25. The minimum Gasteiger partial charge on any atom is -0.468 e. The minimum absolute atomic E-state index is 0. The van der Waals surface area contributed by atoms with E-state index in [0.29, 0.717) is 19.0 Å². The maximum absolute atomic E-state index is 12.0. The molecule has 3 N–H and O–H groups in total. The Morgan fingerprint density at radius 2 is 2.00 bits per heavy atom. The summed E-state index contributed by atoms with van der Waals surface area (Å²) in [6, 6.07) is 4.55. The van der Waals surface area contributed by atoms with Gasteiger partial charge in [-0.3, -0.25) is 14.7 Å². The van der Waals surface area contributed by atoms with Crippen LogP contribution in [-0.4, -0.2) is 56.0 Å². The summed E-state index contributed by atoms with van der Waals surface area (Å²) in [7, 11) is 1.76. The summed E-state index contributed by atoms with van der Waals surface area (Å²) in [5.41, 5.74) is 0. The Kier molecular flexibility index (Phi) is 10.1. The maximum atomic E-state index is 12.0. The fourth-order valence-electron chi connectivity index (χ4n) is 4.02. The SMILES string of the molecule is CN=C(NCCC(=O)NC1CCCC1)NCC(c1ccco1)N1CCCC1.I. The number of carbonyl (C=O) groups is 1. The molecule has 0 spiro atoms. The first-order valence-corrected chi connectivity index (χ1v) is 10.3. The fourth-order valence-corrected chi connectivity index (χ4v) is 4.02. The van der Waals surface area contributed by atoms with E-state index in [-0.39, 0.29) is 35.9 Å². The number of nitrogens with one attached hydrogen (secondary N) is 3. The standard InChI is InChI=1S/C20H33N5O2.HI/c1-21-20(22-11-10-19(26)24-16-7-2-3-8-16)23-15-17(18-9-6-14-27-18)25-12-4-5-13-25;/h6,9,14,16-17H,2-5,7-8,10-13,15H2,1H3,(H,24,26)(H2,21,22,23);1H. The number of guanidine groups is 1. The van der Waals surface area contributed by atoms with Crippen molar-refractivity contribution in [1.82, 2.24) is 20.9 Å². The number of halogens is 1. The third-order valence-electron chi connectivity index (χ3n) is 5.50. The van der Waals surface area contributed by atoms with Gasteiger partial charge in [0.25, 0.3) is 0 Å². The van der Waals surface area contributed by atoms with E-state index in [1.54, 1.807) is 13.3 Å². The van der Waals surface area contributed by atoms with Crippen LogP contribution in [0.4, 0.5) is 0 Å². The van der Waals surface area contributed by atoms with Crippen LogP contribution in [0.2, 0.25) is 0 Å². The smallest absolute Gasteiger partial charge is 0.221 e. The van der Waals surface area contributed by atoms with Crippen molar-refractivity contribution in [3.63, 3.8) is 0 Å². The average molecular weight is 503 g/mol. The molecule has 1 saturated carbocycles. The summed E-state index contributed by atoms with van der Waals surface area (Å²) in [5.74, 6) is 1.82. The number of carbonyl (C=O) groups excluding carboxylic acids is 1. The molecule has 0 radical (unpaired) electrons. The Balaban J connectivity index is 0.00000280. The van der Waals surface area contributed by atoms with Crippen molar-refractivity contribution in [2.45, 2.75) is 57.0 Å².